The number of thiophene rings is 1. The average Bonchev–Trinajstić information content (AvgIpc) is 2.93. The highest BCUT2D eigenvalue weighted by Gasteiger charge is 2.17. The van der Waals surface area contributed by atoms with Gasteiger partial charge in [-0.25, -0.2) is 4.98 Å². The fourth-order valence-corrected chi connectivity index (χ4v) is 3.05. The molecule has 102 valence electrons. The van der Waals surface area contributed by atoms with E-state index in [4.69, 9.17) is 0 Å². The molecule has 0 aliphatic heterocycles. The van der Waals surface area contributed by atoms with Crippen molar-refractivity contribution in [2.75, 3.05) is 23.8 Å². The van der Waals surface area contributed by atoms with E-state index in [1.807, 2.05) is 14.0 Å². The van der Waals surface area contributed by atoms with Crippen LogP contribution in [0.3, 0.4) is 0 Å². The first-order valence-corrected chi connectivity index (χ1v) is 7.83. The van der Waals surface area contributed by atoms with Crippen LogP contribution < -0.4 is 10.2 Å². The summed E-state index contributed by atoms with van der Waals surface area (Å²) in [5, 5.41) is 5.23. The molecule has 0 radical (unpaired) electrons. The number of hydrogen-bond acceptors (Lipinski definition) is 5. The summed E-state index contributed by atoms with van der Waals surface area (Å²) in [7, 11) is 2.05. The molecule has 0 aliphatic rings. The molecule has 0 amide bonds. The standard InChI is InChI=1S/C13H17BrN4S/c1-4-15-13-16-8-10(14)12(17-13)18(3)9(2)11-6-5-7-19-11/h5-9H,4H2,1-3H3,(H,15,16,17). The van der Waals surface area contributed by atoms with Crippen LogP contribution in [-0.4, -0.2) is 23.6 Å². The molecule has 0 spiro atoms. The Labute approximate surface area is 126 Å². The molecule has 1 N–H and O–H groups in total. The number of nitrogens with zero attached hydrogens (tertiary/aromatic N) is 3. The van der Waals surface area contributed by atoms with E-state index in [2.05, 4.69) is 60.6 Å². The van der Waals surface area contributed by atoms with Gasteiger partial charge in [0.15, 0.2) is 0 Å². The Morgan fingerprint density at radius 1 is 1.53 bits per heavy atom. The topological polar surface area (TPSA) is 41.1 Å². The highest BCUT2D eigenvalue weighted by Crippen LogP contribution is 2.31. The fourth-order valence-electron chi connectivity index (χ4n) is 1.75. The molecule has 0 aromatic carbocycles. The quantitative estimate of drug-likeness (QED) is 0.895. The maximum absolute atomic E-state index is 4.55. The molecule has 0 bridgehead atoms. The van der Waals surface area contributed by atoms with Gasteiger partial charge in [-0.2, -0.15) is 4.98 Å². The minimum absolute atomic E-state index is 0.278. The molecule has 6 heteroatoms. The number of nitrogens with one attached hydrogen (secondary N) is 1. The van der Waals surface area contributed by atoms with Crippen LogP contribution >= 0.6 is 27.3 Å². The van der Waals surface area contributed by atoms with Gasteiger partial charge in [-0.15, -0.1) is 11.3 Å². The van der Waals surface area contributed by atoms with Gasteiger partial charge in [0.2, 0.25) is 5.95 Å². The van der Waals surface area contributed by atoms with E-state index in [1.54, 1.807) is 17.5 Å². The monoisotopic (exact) mass is 340 g/mol. The highest BCUT2D eigenvalue weighted by molar-refractivity contribution is 9.10. The summed E-state index contributed by atoms with van der Waals surface area (Å²) < 4.78 is 0.903. The van der Waals surface area contributed by atoms with E-state index >= 15 is 0 Å². The van der Waals surface area contributed by atoms with Crippen LogP contribution in [0.1, 0.15) is 24.8 Å². The van der Waals surface area contributed by atoms with Gasteiger partial charge in [0.25, 0.3) is 0 Å². The van der Waals surface area contributed by atoms with E-state index in [0.29, 0.717) is 5.95 Å². The molecular weight excluding hydrogens is 324 g/mol. The first-order chi connectivity index (χ1) is 9.13. The second-order valence-corrected chi connectivity index (χ2v) is 6.03. The summed E-state index contributed by atoms with van der Waals surface area (Å²) in [5.74, 6) is 1.55. The third-order valence-electron chi connectivity index (χ3n) is 2.93. The SMILES string of the molecule is CCNc1ncc(Br)c(N(C)C(C)c2cccs2)n1. The Hall–Kier alpha value is -1.14. The fraction of sp³-hybridized carbons (Fsp3) is 0.385. The second kappa shape index (κ2) is 6.34. The van der Waals surface area contributed by atoms with Crippen molar-refractivity contribution >= 4 is 39.0 Å². The van der Waals surface area contributed by atoms with Gasteiger partial charge >= 0.3 is 0 Å². The summed E-state index contributed by atoms with van der Waals surface area (Å²) in [6, 6.07) is 4.50. The van der Waals surface area contributed by atoms with E-state index in [1.165, 1.54) is 4.88 Å². The summed E-state index contributed by atoms with van der Waals surface area (Å²) >= 11 is 5.28. The van der Waals surface area contributed by atoms with Crippen molar-refractivity contribution < 1.29 is 0 Å². The summed E-state index contributed by atoms with van der Waals surface area (Å²) in [6.45, 7) is 5.02. The number of halogens is 1. The zero-order valence-electron chi connectivity index (χ0n) is 11.2. The number of aromatic nitrogens is 2. The van der Waals surface area contributed by atoms with Crippen molar-refractivity contribution in [3.63, 3.8) is 0 Å². The summed E-state index contributed by atoms with van der Waals surface area (Å²) in [6.07, 6.45) is 1.79. The van der Waals surface area contributed by atoms with Crippen molar-refractivity contribution in [1.29, 1.82) is 0 Å². The molecule has 2 rings (SSSR count). The molecule has 1 unspecified atom stereocenters. The maximum atomic E-state index is 4.55. The number of hydrogen-bond donors (Lipinski definition) is 1. The molecule has 2 heterocycles. The van der Waals surface area contributed by atoms with Gasteiger partial charge in [0.1, 0.15) is 5.82 Å². The third-order valence-corrected chi connectivity index (χ3v) is 4.53. The van der Waals surface area contributed by atoms with Gasteiger partial charge in [-0.1, -0.05) is 6.07 Å². The molecule has 1 atom stereocenters. The van der Waals surface area contributed by atoms with Gasteiger partial charge in [0, 0.05) is 24.7 Å². The van der Waals surface area contributed by atoms with Gasteiger partial charge in [-0.3, -0.25) is 0 Å². The lowest BCUT2D eigenvalue weighted by Crippen LogP contribution is -2.23. The van der Waals surface area contributed by atoms with Crippen molar-refractivity contribution in [2.45, 2.75) is 19.9 Å². The van der Waals surface area contributed by atoms with Crippen molar-refractivity contribution in [3.8, 4) is 0 Å². The van der Waals surface area contributed by atoms with E-state index in [-0.39, 0.29) is 6.04 Å². The number of rotatable bonds is 5. The minimum atomic E-state index is 0.278. The summed E-state index contributed by atoms with van der Waals surface area (Å²) in [4.78, 5) is 12.3. The molecule has 0 fully saturated rings. The first kappa shape index (κ1) is 14.3. The number of anilines is 2. The predicted molar refractivity (Wildman–Crippen MR) is 85.0 cm³/mol. The Morgan fingerprint density at radius 3 is 2.95 bits per heavy atom. The van der Waals surface area contributed by atoms with Crippen molar-refractivity contribution in [2.24, 2.45) is 0 Å². The normalized spacial score (nSPS) is 12.2. The zero-order valence-corrected chi connectivity index (χ0v) is 13.6. The Bertz CT molecular complexity index is 529. The lowest BCUT2D eigenvalue weighted by molar-refractivity contribution is 0.738. The average molecular weight is 341 g/mol. The van der Waals surface area contributed by atoms with Crippen molar-refractivity contribution in [3.05, 3.63) is 33.1 Å². The van der Waals surface area contributed by atoms with Gasteiger partial charge in [-0.05, 0) is 41.2 Å². The lowest BCUT2D eigenvalue weighted by atomic mass is 10.2. The Kier molecular flexibility index (Phi) is 4.76. The van der Waals surface area contributed by atoms with Crippen LogP contribution in [0.25, 0.3) is 0 Å². The van der Waals surface area contributed by atoms with Crippen molar-refractivity contribution in [1.82, 2.24) is 9.97 Å². The molecular formula is C13H17BrN4S. The molecule has 19 heavy (non-hydrogen) atoms. The summed E-state index contributed by atoms with van der Waals surface area (Å²) in [5.41, 5.74) is 0. The first-order valence-electron chi connectivity index (χ1n) is 6.16. The Morgan fingerprint density at radius 2 is 2.32 bits per heavy atom. The smallest absolute Gasteiger partial charge is 0.224 e. The lowest BCUT2D eigenvalue weighted by Gasteiger charge is -2.26. The molecule has 0 saturated heterocycles. The zero-order chi connectivity index (χ0) is 13.8. The van der Waals surface area contributed by atoms with Crippen LogP contribution in [0.5, 0.6) is 0 Å². The van der Waals surface area contributed by atoms with Crippen LogP contribution in [0.15, 0.2) is 28.2 Å². The van der Waals surface area contributed by atoms with Crippen LogP contribution in [0.2, 0.25) is 0 Å². The Balaban J connectivity index is 2.27. The molecule has 0 saturated carbocycles. The third kappa shape index (κ3) is 3.25. The largest absolute Gasteiger partial charge is 0.354 e. The minimum Gasteiger partial charge on any atom is -0.354 e. The van der Waals surface area contributed by atoms with Crippen LogP contribution in [-0.2, 0) is 0 Å². The van der Waals surface area contributed by atoms with Gasteiger partial charge in [0.05, 0.1) is 10.5 Å². The molecule has 2 aromatic rings. The van der Waals surface area contributed by atoms with Crippen LogP contribution in [0.4, 0.5) is 11.8 Å². The predicted octanol–water partition coefficient (Wildman–Crippen LogP) is 3.93. The molecule has 2 aromatic heterocycles. The van der Waals surface area contributed by atoms with E-state index < -0.39 is 0 Å². The molecule has 0 aliphatic carbocycles. The van der Waals surface area contributed by atoms with Crippen LogP contribution in [0, 0.1) is 0 Å². The maximum Gasteiger partial charge on any atom is 0.224 e. The van der Waals surface area contributed by atoms with E-state index in [0.717, 1.165) is 16.8 Å². The van der Waals surface area contributed by atoms with E-state index in [9.17, 15) is 0 Å². The highest BCUT2D eigenvalue weighted by atomic mass is 79.9. The molecule has 4 nitrogen and oxygen atoms in total. The second-order valence-electron chi connectivity index (χ2n) is 4.20. The van der Waals surface area contributed by atoms with Gasteiger partial charge < -0.3 is 10.2 Å².